The minimum absolute atomic E-state index is 0.00137. The predicted octanol–water partition coefficient (Wildman–Crippen LogP) is 3.43. The normalized spacial score (nSPS) is 18.4. The molecular weight excluding hydrogens is 472 g/mol. The van der Waals surface area contributed by atoms with E-state index in [4.69, 9.17) is 0 Å². The second-order valence-electron chi connectivity index (χ2n) is 10.4. The van der Waals surface area contributed by atoms with Gasteiger partial charge >= 0.3 is 6.29 Å². The van der Waals surface area contributed by atoms with E-state index in [0.29, 0.717) is 18.4 Å². The van der Waals surface area contributed by atoms with E-state index in [1.54, 1.807) is 6.07 Å². The summed E-state index contributed by atoms with van der Waals surface area (Å²) >= 11 is 0. The maximum Gasteiger partial charge on any atom is 0.586 e. The third kappa shape index (κ3) is 4.25. The van der Waals surface area contributed by atoms with Crippen LogP contribution in [0.5, 0.6) is 11.5 Å². The van der Waals surface area contributed by atoms with Crippen LogP contribution in [0.4, 0.5) is 8.78 Å². The molecule has 0 bridgehead atoms. The fourth-order valence-electron chi connectivity index (χ4n) is 4.99. The van der Waals surface area contributed by atoms with E-state index >= 15 is 0 Å². The molecule has 1 aromatic heterocycles. The van der Waals surface area contributed by atoms with Crippen molar-refractivity contribution in [1.82, 2.24) is 4.57 Å². The monoisotopic (exact) mass is 501 g/mol. The number of nitrogens with zero attached hydrogens (tertiary/aromatic N) is 1. The summed E-state index contributed by atoms with van der Waals surface area (Å²) in [5, 5.41) is 30.2. The number of carbonyl (C=O) groups excluding carboxylic acids is 1. The van der Waals surface area contributed by atoms with Gasteiger partial charge in [0.15, 0.2) is 11.5 Å². The molecule has 1 atom stereocenters. The summed E-state index contributed by atoms with van der Waals surface area (Å²) in [5.74, 6) is -0.114. The van der Waals surface area contributed by atoms with Crippen LogP contribution in [0.1, 0.15) is 43.5 Å². The van der Waals surface area contributed by atoms with Crippen molar-refractivity contribution in [2.24, 2.45) is 0 Å². The van der Waals surface area contributed by atoms with E-state index in [-0.39, 0.29) is 43.5 Å². The lowest BCUT2D eigenvalue weighted by Crippen LogP contribution is -2.29. The number of benzene rings is 2. The van der Waals surface area contributed by atoms with E-state index in [9.17, 15) is 28.9 Å². The van der Waals surface area contributed by atoms with Crippen molar-refractivity contribution < 1.29 is 38.4 Å². The number of fused-ring (bicyclic) bond motifs is 2. The zero-order valence-corrected chi connectivity index (χ0v) is 20.1. The Morgan fingerprint density at radius 3 is 2.47 bits per heavy atom. The van der Waals surface area contributed by atoms with Crippen LogP contribution in [-0.2, 0) is 28.6 Å². The molecule has 5 rings (SSSR count). The number of rotatable bonds is 9. The summed E-state index contributed by atoms with van der Waals surface area (Å²) in [7, 11) is 0. The Labute approximate surface area is 206 Å². The Morgan fingerprint density at radius 1 is 1.08 bits per heavy atom. The maximum atomic E-state index is 13.4. The van der Waals surface area contributed by atoms with E-state index in [1.807, 2.05) is 42.7 Å². The largest absolute Gasteiger partial charge is 0.586 e. The molecule has 192 valence electrons. The van der Waals surface area contributed by atoms with Gasteiger partial charge in [-0.2, -0.15) is 0 Å². The van der Waals surface area contributed by atoms with Crippen LogP contribution in [0.2, 0.25) is 0 Å². The van der Waals surface area contributed by atoms with Gasteiger partial charge in [0.1, 0.15) is 5.78 Å². The summed E-state index contributed by atoms with van der Waals surface area (Å²) in [5.41, 5.74) is 1.77. The zero-order valence-electron chi connectivity index (χ0n) is 20.1. The van der Waals surface area contributed by atoms with Gasteiger partial charge in [0.05, 0.1) is 31.3 Å². The molecular formula is C27H29F2NO6. The first-order valence-electron chi connectivity index (χ1n) is 11.9. The highest BCUT2D eigenvalue weighted by molar-refractivity contribution is 5.95. The summed E-state index contributed by atoms with van der Waals surface area (Å²) in [6, 6.07) is 12.1. The van der Waals surface area contributed by atoms with Gasteiger partial charge < -0.3 is 29.4 Å². The Kier molecular flexibility index (Phi) is 5.85. The van der Waals surface area contributed by atoms with E-state index in [1.165, 1.54) is 12.1 Å². The van der Waals surface area contributed by atoms with Gasteiger partial charge in [-0.3, -0.25) is 4.79 Å². The molecule has 7 nitrogen and oxygen atoms in total. The SMILES string of the molecule is CC(C)(CO)c1cc2cc(CC(=O)C3(c4ccc5c(c4)OC(F)(F)O5)CC3)ccc2n1C[C@@H](O)CO. The van der Waals surface area contributed by atoms with Crippen molar-refractivity contribution in [1.29, 1.82) is 0 Å². The minimum Gasteiger partial charge on any atom is -0.395 e. The minimum atomic E-state index is -3.70. The number of ketones is 1. The Morgan fingerprint density at radius 2 is 1.81 bits per heavy atom. The summed E-state index contributed by atoms with van der Waals surface area (Å²) in [4.78, 5) is 13.4. The third-order valence-corrected chi connectivity index (χ3v) is 7.26. The van der Waals surface area contributed by atoms with Gasteiger partial charge in [-0.15, -0.1) is 8.78 Å². The highest BCUT2D eigenvalue weighted by Gasteiger charge is 2.52. The lowest BCUT2D eigenvalue weighted by Gasteiger charge is -2.25. The second-order valence-corrected chi connectivity index (χ2v) is 10.4. The molecule has 2 aromatic carbocycles. The lowest BCUT2D eigenvalue weighted by atomic mass is 9.87. The molecule has 2 heterocycles. The molecule has 0 saturated heterocycles. The molecule has 1 saturated carbocycles. The molecule has 3 N–H and O–H groups in total. The lowest BCUT2D eigenvalue weighted by molar-refractivity contribution is -0.286. The first kappa shape index (κ1) is 24.7. The Hall–Kier alpha value is -3.01. The van der Waals surface area contributed by atoms with Gasteiger partial charge in [-0.25, -0.2) is 0 Å². The highest BCUT2D eigenvalue weighted by atomic mass is 19.3. The molecule has 0 unspecified atom stereocenters. The third-order valence-electron chi connectivity index (χ3n) is 7.26. The molecule has 9 heteroatoms. The zero-order chi connectivity index (χ0) is 25.9. The quantitative estimate of drug-likeness (QED) is 0.415. The Bertz CT molecular complexity index is 1330. The molecule has 36 heavy (non-hydrogen) atoms. The molecule has 1 aliphatic heterocycles. The summed E-state index contributed by atoms with van der Waals surface area (Å²) in [6.45, 7) is 3.47. The van der Waals surface area contributed by atoms with Crippen molar-refractivity contribution in [3.63, 3.8) is 0 Å². The van der Waals surface area contributed by atoms with Crippen molar-refractivity contribution >= 4 is 16.7 Å². The number of hydrogen-bond donors (Lipinski definition) is 3. The van der Waals surface area contributed by atoms with Crippen LogP contribution in [0.15, 0.2) is 42.5 Å². The standard InChI is InChI=1S/C27H29F2NO6/c1-25(2,15-32)23-11-17-9-16(3-5-20(17)30(23)13-19(33)14-31)10-24(34)26(7-8-26)18-4-6-21-22(12-18)36-27(28,29)35-21/h3-6,9,11-12,19,31-33H,7-8,10,13-15H2,1-2H3/t19-/m1/s1. The molecule has 2 aliphatic rings. The average molecular weight is 502 g/mol. The number of carbonyl (C=O) groups is 1. The van der Waals surface area contributed by atoms with Crippen LogP contribution < -0.4 is 9.47 Å². The fourth-order valence-corrected chi connectivity index (χ4v) is 4.99. The van der Waals surface area contributed by atoms with Gasteiger partial charge in [0.25, 0.3) is 0 Å². The van der Waals surface area contributed by atoms with Crippen molar-refractivity contribution in [3.05, 3.63) is 59.3 Å². The number of halogens is 2. The molecule has 0 spiro atoms. The van der Waals surface area contributed by atoms with Gasteiger partial charge in [-0.05, 0) is 54.3 Å². The van der Waals surface area contributed by atoms with Crippen LogP contribution >= 0.6 is 0 Å². The van der Waals surface area contributed by atoms with Crippen LogP contribution in [0.3, 0.4) is 0 Å². The number of aromatic nitrogens is 1. The van der Waals surface area contributed by atoms with Crippen LogP contribution in [-0.4, -0.2) is 51.3 Å². The summed E-state index contributed by atoms with van der Waals surface area (Å²) < 4.78 is 37.8. The molecule has 0 radical (unpaired) electrons. The number of ether oxygens (including phenoxy) is 2. The first-order chi connectivity index (χ1) is 17.0. The second kappa shape index (κ2) is 8.54. The topological polar surface area (TPSA) is 101 Å². The highest BCUT2D eigenvalue weighted by Crippen LogP contribution is 2.52. The van der Waals surface area contributed by atoms with Crippen LogP contribution in [0.25, 0.3) is 10.9 Å². The van der Waals surface area contributed by atoms with Crippen molar-refractivity contribution in [2.45, 2.75) is 62.9 Å². The van der Waals surface area contributed by atoms with Crippen molar-refractivity contribution in [3.8, 4) is 11.5 Å². The number of hydrogen-bond acceptors (Lipinski definition) is 6. The van der Waals surface area contributed by atoms with Gasteiger partial charge in [0.2, 0.25) is 0 Å². The van der Waals surface area contributed by atoms with Crippen molar-refractivity contribution in [2.75, 3.05) is 13.2 Å². The van der Waals surface area contributed by atoms with Crippen LogP contribution in [0, 0.1) is 0 Å². The number of Topliss-reactive ketones (excluding diaryl/α,β-unsaturated/α-hetero) is 1. The smallest absolute Gasteiger partial charge is 0.395 e. The number of aliphatic hydroxyl groups excluding tert-OH is 3. The average Bonchev–Trinajstić information content (AvgIpc) is 3.48. The number of alkyl halides is 2. The van der Waals surface area contributed by atoms with E-state index in [0.717, 1.165) is 22.2 Å². The fraction of sp³-hybridized carbons (Fsp3) is 0.444. The maximum absolute atomic E-state index is 13.4. The van der Waals surface area contributed by atoms with E-state index in [2.05, 4.69) is 9.47 Å². The van der Waals surface area contributed by atoms with Gasteiger partial charge in [0, 0.05) is 28.4 Å². The first-order valence-corrected chi connectivity index (χ1v) is 11.9. The predicted molar refractivity (Wildman–Crippen MR) is 127 cm³/mol. The summed E-state index contributed by atoms with van der Waals surface area (Å²) in [6.07, 6.45) is -3.22. The molecule has 0 amide bonds. The molecule has 1 fully saturated rings. The number of aliphatic hydroxyl groups is 3. The molecule has 1 aliphatic carbocycles. The molecule has 3 aromatic rings. The van der Waals surface area contributed by atoms with E-state index < -0.39 is 23.2 Å². The van der Waals surface area contributed by atoms with Gasteiger partial charge in [-0.1, -0.05) is 26.0 Å². The Balaban J connectivity index is 1.42.